The molecule has 6 heteroatoms. The number of hydrogen-bond acceptors (Lipinski definition) is 2. The summed E-state index contributed by atoms with van der Waals surface area (Å²) in [5.41, 5.74) is 2.18. The second kappa shape index (κ2) is 9.15. The smallest absolute Gasteiger partial charge is 0.251 e. The Balaban J connectivity index is 1.54. The van der Waals surface area contributed by atoms with Crippen molar-refractivity contribution in [3.63, 3.8) is 0 Å². The highest BCUT2D eigenvalue weighted by Gasteiger charge is 2.10. The van der Waals surface area contributed by atoms with Gasteiger partial charge in [-0.25, -0.2) is 4.39 Å². The lowest BCUT2D eigenvalue weighted by atomic mass is 10.1. The van der Waals surface area contributed by atoms with Crippen molar-refractivity contribution in [2.75, 3.05) is 0 Å². The molecule has 0 aliphatic rings. The summed E-state index contributed by atoms with van der Waals surface area (Å²) in [6.45, 7) is 0.468. The highest BCUT2D eigenvalue weighted by molar-refractivity contribution is 6.30. The summed E-state index contributed by atoms with van der Waals surface area (Å²) in [7, 11) is 0. The summed E-state index contributed by atoms with van der Waals surface area (Å²) in [6.07, 6.45) is 0. The van der Waals surface area contributed by atoms with Gasteiger partial charge in [0, 0.05) is 34.8 Å². The number of amides is 2. The molecule has 0 saturated carbocycles. The first-order chi connectivity index (χ1) is 13.5. The molecule has 28 heavy (non-hydrogen) atoms. The highest BCUT2D eigenvalue weighted by atomic mass is 35.5. The van der Waals surface area contributed by atoms with E-state index in [-0.39, 0.29) is 24.2 Å². The first kappa shape index (κ1) is 19.6. The van der Waals surface area contributed by atoms with E-state index >= 15 is 0 Å². The molecule has 3 aromatic rings. The van der Waals surface area contributed by atoms with Gasteiger partial charge in [-0.05, 0) is 48.0 Å². The molecule has 2 amide bonds. The molecule has 0 aromatic heterocycles. The molecular formula is C22H18ClFN2O2. The summed E-state index contributed by atoms with van der Waals surface area (Å²) >= 11 is 5.84. The fourth-order valence-corrected chi connectivity index (χ4v) is 2.70. The molecule has 0 atom stereocenters. The van der Waals surface area contributed by atoms with Gasteiger partial charge in [0.25, 0.3) is 11.8 Å². The number of benzene rings is 3. The van der Waals surface area contributed by atoms with Crippen molar-refractivity contribution >= 4 is 23.4 Å². The second-order valence-corrected chi connectivity index (χ2v) is 6.60. The van der Waals surface area contributed by atoms with Crippen LogP contribution in [-0.4, -0.2) is 11.8 Å². The van der Waals surface area contributed by atoms with Crippen LogP contribution in [0.2, 0.25) is 5.02 Å². The fraction of sp³-hybridized carbons (Fsp3) is 0.0909. The third-order valence-electron chi connectivity index (χ3n) is 4.17. The summed E-state index contributed by atoms with van der Waals surface area (Å²) < 4.78 is 13.6. The molecule has 3 aromatic carbocycles. The Kier molecular flexibility index (Phi) is 6.40. The van der Waals surface area contributed by atoms with Crippen molar-refractivity contribution in [1.29, 1.82) is 0 Å². The lowest BCUT2D eigenvalue weighted by molar-refractivity contribution is 0.0939. The first-order valence-electron chi connectivity index (χ1n) is 8.67. The number of carbonyl (C=O) groups excluding carboxylic acids is 2. The Labute approximate surface area is 167 Å². The third-order valence-corrected chi connectivity index (χ3v) is 4.42. The standard InChI is InChI=1S/C22H18ClFN2O2/c23-19-11-5-15(6-12-19)13-25-21(27)16-7-9-17(10-8-16)22(28)26-14-18-3-1-2-4-20(18)24/h1-12H,13-14H2,(H,25,27)(H,26,28). The molecule has 0 heterocycles. The molecule has 4 nitrogen and oxygen atoms in total. The molecule has 142 valence electrons. The van der Waals surface area contributed by atoms with Gasteiger partial charge >= 0.3 is 0 Å². The van der Waals surface area contributed by atoms with Crippen molar-refractivity contribution < 1.29 is 14.0 Å². The fourth-order valence-electron chi connectivity index (χ4n) is 2.58. The maximum absolute atomic E-state index is 13.6. The van der Waals surface area contributed by atoms with Gasteiger partial charge < -0.3 is 10.6 Å². The summed E-state index contributed by atoms with van der Waals surface area (Å²) in [6, 6.07) is 19.8. The second-order valence-electron chi connectivity index (χ2n) is 6.16. The summed E-state index contributed by atoms with van der Waals surface area (Å²) in [4.78, 5) is 24.4. The Hall–Kier alpha value is -3.18. The summed E-state index contributed by atoms with van der Waals surface area (Å²) in [5, 5.41) is 6.12. The van der Waals surface area contributed by atoms with Gasteiger partial charge in [0.05, 0.1) is 0 Å². The predicted molar refractivity (Wildman–Crippen MR) is 107 cm³/mol. The molecular weight excluding hydrogens is 379 g/mol. The Morgan fingerprint density at radius 2 is 1.29 bits per heavy atom. The van der Waals surface area contributed by atoms with E-state index in [4.69, 9.17) is 11.6 Å². The van der Waals surface area contributed by atoms with Crippen LogP contribution < -0.4 is 10.6 Å². The van der Waals surface area contributed by atoms with E-state index in [0.717, 1.165) is 5.56 Å². The van der Waals surface area contributed by atoms with E-state index < -0.39 is 0 Å². The molecule has 0 fully saturated rings. The number of halogens is 2. The van der Waals surface area contributed by atoms with E-state index in [1.165, 1.54) is 6.07 Å². The number of nitrogens with one attached hydrogen (secondary N) is 2. The number of carbonyl (C=O) groups is 2. The van der Waals surface area contributed by atoms with E-state index in [1.54, 1.807) is 54.6 Å². The van der Waals surface area contributed by atoms with Crippen LogP contribution in [0, 0.1) is 5.82 Å². The zero-order valence-corrected chi connectivity index (χ0v) is 15.7. The Morgan fingerprint density at radius 3 is 1.86 bits per heavy atom. The molecule has 0 aliphatic heterocycles. The summed E-state index contributed by atoms with van der Waals surface area (Å²) in [5.74, 6) is -0.944. The zero-order valence-electron chi connectivity index (χ0n) is 14.9. The van der Waals surface area contributed by atoms with Gasteiger partial charge in [-0.3, -0.25) is 9.59 Å². The van der Waals surface area contributed by atoms with Gasteiger partial charge in [0.15, 0.2) is 0 Å². The average molecular weight is 397 g/mol. The SMILES string of the molecule is O=C(NCc1ccc(Cl)cc1)c1ccc(C(=O)NCc2ccccc2F)cc1. The molecule has 0 aliphatic carbocycles. The molecule has 0 unspecified atom stereocenters. The van der Waals surface area contributed by atoms with Crippen LogP contribution in [0.5, 0.6) is 0 Å². The zero-order chi connectivity index (χ0) is 19.9. The van der Waals surface area contributed by atoms with Crippen LogP contribution in [0.4, 0.5) is 4.39 Å². The normalized spacial score (nSPS) is 10.4. The van der Waals surface area contributed by atoms with Crippen LogP contribution in [0.1, 0.15) is 31.8 Å². The molecule has 0 bridgehead atoms. The lowest BCUT2D eigenvalue weighted by Gasteiger charge is -2.08. The van der Waals surface area contributed by atoms with Gasteiger partial charge in [0.1, 0.15) is 5.82 Å². The Morgan fingerprint density at radius 1 is 0.750 bits per heavy atom. The maximum atomic E-state index is 13.6. The van der Waals surface area contributed by atoms with Gasteiger partial charge in [-0.2, -0.15) is 0 Å². The van der Waals surface area contributed by atoms with Crippen molar-refractivity contribution in [2.24, 2.45) is 0 Å². The molecule has 3 rings (SSSR count). The highest BCUT2D eigenvalue weighted by Crippen LogP contribution is 2.10. The van der Waals surface area contributed by atoms with Crippen LogP contribution in [0.15, 0.2) is 72.8 Å². The van der Waals surface area contributed by atoms with Gasteiger partial charge in [-0.1, -0.05) is 41.9 Å². The minimum absolute atomic E-state index is 0.0921. The van der Waals surface area contributed by atoms with E-state index in [1.807, 2.05) is 12.1 Å². The van der Waals surface area contributed by atoms with Gasteiger partial charge in [0.2, 0.25) is 0 Å². The lowest BCUT2D eigenvalue weighted by Crippen LogP contribution is -2.24. The van der Waals surface area contributed by atoms with Crippen LogP contribution in [0.25, 0.3) is 0 Å². The average Bonchev–Trinajstić information content (AvgIpc) is 2.72. The Bertz CT molecular complexity index is 973. The maximum Gasteiger partial charge on any atom is 0.251 e. The number of rotatable bonds is 6. The van der Waals surface area contributed by atoms with E-state index in [2.05, 4.69) is 10.6 Å². The number of hydrogen-bond donors (Lipinski definition) is 2. The van der Waals surface area contributed by atoms with Crippen LogP contribution >= 0.6 is 11.6 Å². The van der Waals surface area contributed by atoms with Crippen LogP contribution in [0.3, 0.4) is 0 Å². The van der Waals surface area contributed by atoms with Crippen molar-refractivity contribution in [2.45, 2.75) is 13.1 Å². The molecule has 0 saturated heterocycles. The third kappa shape index (κ3) is 5.18. The molecule has 0 radical (unpaired) electrons. The molecule has 2 N–H and O–H groups in total. The van der Waals surface area contributed by atoms with Crippen molar-refractivity contribution in [3.05, 3.63) is 106 Å². The van der Waals surface area contributed by atoms with Gasteiger partial charge in [-0.15, -0.1) is 0 Å². The monoisotopic (exact) mass is 396 g/mol. The predicted octanol–water partition coefficient (Wildman–Crippen LogP) is 4.34. The minimum Gasteiger partial charge on any atom is -0.348 e. The minimum atomic E-state index is -0.365. The van der Waals surface area contributed by atoms with Crippen molar-refractivity contribution in [1.82, 2.24) is 10.6 Å². The first-order valence-corrected chi connectivity index (χ1v) is 9.05. The van der Waals surface area contributed by atoms with Crippen LogP contribution in [-0.2, 0) is 13.1 Å². The topological polar surface area (TPSA) is 58.2 Å². The molecule has 0 spiro atoms. The van der Waals surface area contributed by atoms with E-state index in [0.29, 0.717) is 28.3 Å². The van der Waals surface area contributed by atoms with Crippen molar-refractivity contribution in [3.8, 4) is 0 Å². The largest absolute Gasteiger partial charge is 0.348 e. The quantitative estimate of drug-likeness (QED) is 0.651. The van der Waals surface area contributed by atoms with E-state index in [9.17, 15) is 14.0 Å².